The van der Waals surface area contributed by atoms with Crippen molar-refractivity contribution in [2.24, 2.45) is 11.7 Å². The number of hydrogen-bond donors (Lipinski definition) is 1. The van der Waals surface area contributed by atoms with E-state index in [0.29, 0.717) is 29.6 Å². The Labute approximate surface area is 122 Å². The van der Waals surface area contributed by atoms with Crippen molar-refractivity contribution in [3.8, 4) is 5.75 Å². The zero-order valence-electron chi connectivity index (χ0n) is 11.3. The van der Waals surface area contributed by atoms with E-state index in [1.165, 1.54) is 4.90 Å². The summed E-state index contributed by atoms with van der Waals surface area (Å²) in [6, 6.07) is 5.17. The van der Waals surface area contributed by atoms with Crippen LogP contribution in [0.2, 0.25) is 5.02 Å². The molecule has 0 bridgehead atoms. The zero-order chi connectivity index (χ0) is 14.7. The molecular weight excluding hydrogens is 280 g/mol. The summed E-state index contributed by atoms with van der Waals surface area (Å²) >= 11 is 6.14. The molecule has 6 heteroatoms. The first-order chi connectivity index (χ1) is 9.52. The van der Waals surface area contributed by atoms with Crippen molar-refractivity contribution in [1.29, 1.82) is 0 Å². The van der Waals surface area contributed by atoms with Gasteiger partial charge in [-0.25, -0.2) is 0 Å². The molecule has 2 rings (SSSR count). The number of anilines is 1. The highest BCUT2D eigenvalue weighted by molar-refractivity contribution is 6.32. The van der Waals surface area contributed by atoms with E-state index in [2.05, 4.69) is 0 Å². The second-order valence-electron chi connectivity index (χ2n) is 4.77. The highest BCUT2D eigenvalue weighted by Gasteiger charge is 2.34. The maximum absolute atomic E-state index is 11.9. The van der Waals surface area contributed by atoms with Gasteiger partial charge in [0.1, 0.15) is 5.75 Å². The molecule has 1 unspecified atom stereocenters. The lowest BCUT2D eigenvalue weighted by Gasteiger charge is -2.17. The quantitative estimate of drug-likeness (QED) is 0.903. The fourth-order valence-corrected chi connectivity index (χ4v) is 2.36. The van der Waals surface area contributed by atoms with Gasteiger partial charge >= 0.3 is 0 Å². The van der Waals surface area contributed by atoms with Gasteiger partial charge < -0.3 is 15.4 Å². The molecule has 1 aromatic carbocycles. The Kier molecular flexibility index (Phi) is 4.49. The molecular formula is C14H17ClN2O3. The SMILES string of the molecule is CCCOc1ccc(N2CC(C(N)=O)CC2=O)cc1Cl. The molecule has 1 saturated heterocycles. The predicted octanol–water partition coefficient (Wildman–Crippen LogP) is 1.97. The minimum atomic E-state index is -0.449. The smallest absolute Gasteiger partial charge is 0.227 e. The second kappa shape index (κ2) is 6.13. The van der Waals surface area contributed by atoms with Crippen LogP contribution in [-0.4, -0.2) is 25.0 Å². The summed E-state index contributed by atoms with van der Waals surface area (Å²) in [5.74, 6) is -0.408. The molecule has 0 spiro atoms. The molecule has 20 heavy (non-hydrogen) atoms. The third kappa shape index (κ3) is 3.04. The summed E-state index contributed by atoms with van der Waals surface area (Å²) in [6.07, 6.45) is 1.05. The van der Waals surface area contributed by atoms with Gasteiger partial charge in [-0.3, -0.25) is 9.59 Å². The highest BCUT2D eigenvalue weighted by atomic mass is 35.5. The number of benzene rings is 1. The van der Waals surface area contributed by atoms with Gasteiger partial charge in [-0.2, -0.15) is 0 Å². The van der Waals surface area contributed by atoms with E-state index in [1.54, 1.807) is 18.2 Å². The van der Waals surface area contributed by atoms with Gasteiger partial charge in [0, 0.05) is 18.7 Å². The van der Waals surface area contributed by atoms with Crippen LogP contribution in [-0.2, 0) is 9.59 Å². The van der Waals surface area contributed by atoms with Crippen molar-refractivity contribution < 1.29 is 14.3 Å². The van der Waals surface area contributed by atoms with Crippen LogP contribution in [0.25, 0.3) is 0 Å². The number of nitrogens with two attached hydrogens (primary N) is 1. The van der Waals surface area contributed by atoms with Gasteiger partial charge in [-0.15, -0.1) is 0 Å². The third-order valence-electron chi connectivity index (χ3n) is 3.22. The Morgan fingerprint density at radius 3 is 2.85 bits per heavy atom. The Balaban J connectivity index is 2.15. The molecule has 0 aliphatic carbocycles. The Morgan fingerprint density at radius 1 is 1.55 bits per heavy atom. The first-order valence-corrected chi connectivity index (χ1v) is 6.92. The molecule has 0 saturated carbocycles. The van der Waals surface area contributed by atoms with Crippen LogP contribution in [0.15, 0.2) is 18.2 Å². The Bertz CT molecular complexity index is 533. The molecule has 1 aliphatic rings. The predicted molar refractivity (Wildman–Crippen MR) is 76.9 cm³/mol. The third-order valence-corrected chi connectivity index (χ3v) is 3.51. The number of primary amides is 1. The first-order valence-electron chi connectivity index (χ1n) is 6.55. The minimum absolute atomic E-state index is 0.118. The summed E-state index contributed by atoms with van der Waals surface area (Å²) in [5.41, 5.74) is 5.91. The van der Waals surface area contributed by atoms with Crippen LogP contribution >= 0.6 is 11.6 Å². The van der Waals surface area contributed by atoms with Crippen molar-refractivity contribution in [1.82, 2.24) is 0 Å². The molecule has 1 aromatic rings. The first kappa shape index (κ1) is 14.7. The molecule has 1 atom stereocenters. The lowest BCUT2D eigenvalue weighted by molar-refractivity contribution is -0.123. The molecule has 5 nitrogen and oxygen atoms in total. The average Bonchev–Trinajstić information content (AvgIpc) is 2.79. The van der Waals surface area contributed by atoms with Crippen molar-refractivity contribution in [2.45, 2.75) is 19.8 Å². The molecule has 1 fully saturated rings. The topological polar surface area (TPSA) is 72.6 Å². The van der Waals surface area contributed by atoms with Crippen molar-refractivity contribution in [2.75, 3.05) is 18.1 Å². The standard InChI is InChI=1S/C14H17ClN2O3/c1-2-5-20-12-4-3-10(7-11(12)15)17-8-9(14(16)19)6-13(17)18/h3-4,7,9H,2,5-6,8H2,1H3,(H2,16,19). The summed E-state index contributed by atoms with van der Waals surface area (Å²) < 4.78 is 5.48. The number of nitrogens with zero attached hydrogens (tertiary/aromatic N) is 1. The summed E-state index contributed by atoms with van der Waals surface area (Å²) in [5, 5.41) is 0.450. The van der Waals surface area contributed by atoms with E-state index in [4.69, 9.17) is 22.1 Å². The number of carbonyl (C=O) groups is 2. The van der Waals surface area contributed by atoms with Gasteiger partial charge in [-0.05, 0) is 24.6 Å². The maximum atomic E-state index is 11.9. The number of carbonyl (C=O) groups excluding carboxylic acids is 2. The minimum Gasteiger partial charge on any atom is -0.492 e. The summed E-state index contributed by atoms with van der Waals surface area (Å²) in [6.45, 7) is 2.90. The van der Waals surface area contributed by atoms with Crippen molar-refractivity contribution in [3.63, 3.8) is 0 Å². The monoisotopic (exact) mass is 296 g/mol. The van der Waals surface area contributed by atoms with Gasteiger partial charge in [0.25, 0.3) is 0 Å². The molecule has 1 heterocycles. The largest absolute Gasteiger partial charge is 0.492 e. The molecule has 2 amide bonds. The lowest BCUT2D eigenvalue weighted by atomic mass is 10.1. The van der Waals surface area contributed by atoms with E-state index in [0.717, 1.165) is 6.42 Å². The Hall–Kier alpha value is -1.75. The second-order valence-corrected chi connectivity index (χ2v) is 5.18. The van der Waals surface area contributed by atoms with Gasteiger partial charge in [0.2, 0.25) is 11.8 Å². The van der Waals surface area contributed by atoms with E-state index in [1.807, 2.05) is 6.92 Å². The van der Waals surface area contributed by atoms with E-state index in [-0.39, 0.29) is 12.3 Å². The lowest BCUT2D eigenvalue weighted by Crippen LogP contribution is -2.28. The summed E-state index contributed by atoms with van der Waals surface area (Å²) in [4.78, 5) is 24.6. The number of ether oxygens (including phenoxy) is 1. The van der Waals surface area contributed by atoms with Crippen LogP contribution in [0.5, 0.6) is 5.75 Å². The van der Waals surface area contributed by atoms with Crippen molar-refractivity contribution >= 4 is 29.1 Å². The summed E-state index contributed by atoms with van der Waals surface area (Å²) in [7, 11) is 0. The Morgan fingerprint density at radius 2 is 2.30 bits per heavy atom. The number of halogens is 1. The number of amides is 2. The fourth-order valence-electron chi connectivity index (χ4n) is 2.13. The van der Waals surface area contributed by atoms with Gasteiger partial charge in [0.15, 0.2) is 0 Å². The van der Waals surface area contributed by atoms with Crippen LogP contribution in [0.4, 0.5) is 5.69 Å². The normalized spacial score (nSPS) is 18.4. The van der Waals surface area contributed by atoms with Gasteiger partial charge in [-0.1, -0.05) is 18.5 Å². The number of hydrogen-bond acceptors (Lipinski definition) is 3. The molecule has 2 N–H and O–H groups in total. The molecule has 0 radical (unpaired) electrons. The van der Waals surface area contributed by atoms with E-state index >= 15 is 0 Å². The molecule has 1 aliphatic heterocycles. The van der Waals surface area contributed by atoms with E-state index in [9.17, 15) is 9.59 Å². The average molecular weight is 297 g/mol. The van der Waals surface area contributed by atoms with E-state index < -0.39 is 11.8 Å². The maximum Gasteiger partial charge on any atom is 0.227 e. The fraction of sp³-hybridized carbons (Fsp3) is 0.429. The van der Waals surface area contributed by atoms with Crippen LogP contribution < -0.4 is 15.4 Å². The van der Waals surface area contributed by atoms with Gasteiger partial charge in [0.05, 0.1) is 17.5 Å². The number of rotatable bonds is 5. The zero-order valence-corrected chi connectivity index (χ0v) is 12.0. The van der Waals surface area contributed by atoms with Crippen LogP contribution in [0, 0.1) is 5.92 Å². The van der Waals surface area contributed by atoms with Crippen molar-refractivity contribution in [3.05, 3.63) is 23.2 Å². The molecule has 108 valence electrons. The van der Waals surface area contributed by atoms with Crippen LogP contribution in [0.1, 0.15) is 19.8 Å². The highest BCUT2D eigenvalue weighted by Crippen LogP contribution is 2.32. The van der Waals surface area contributed by atoms with Crippen LogP contribution in [0.3, 0.4) is 0 Å². The molecule has 0 aromatic heterocycles.